The molecule has 0 saturated carbocycles. The number of allylic oxidation sites excluding steroid dienone is 1. The summed E-state index contributed by atoms with van der Waals surface area (Å²) >= 11 is 0. The molecule has 0 spiro atoms. The molecule has 0 saturated heterocycles. The van der Waals surface area contributed by atoms with E-state index in [0.29, 0.717) is 33.2 Å². The number of nitro groups is 1. The molecule has 7 nitrogen and oxygen atoms in total. The molecule has 0 bridgehead atoms. The summed E-state index contributed by atoms with van der Waals surface area (Å²) in [5.41, 5.74) is -0.176. The van der Waals surface area contributed by atoms with Crippen LogP contribution in [0.25, 0.3) is 5.70 Å². The van der Waals surface area contributed by atoms with Gasteiger partial charge in [0.25, 0.3) is 11.4 Å². The van der Waals surface area contributed by atoms with Gasteiger partial charge < -0.3 is 10.3 Å². The average Bonchev–Trinajstić information content (AvgIpc) is 2.84. The molecule has 0 unspecified atom stereocenters. The van der Waals surface area contributed by atoms with Crippen LogP contribution in [0.15, 0.2) is 60.3 Å². The van der Waals surface area contributed by atoms with Gasteiger partial charge in [0.15, 0.2) is 0 Å². The van der Waals surface area contributed by atoms with Crippen LogP contribution in [0, 0.1) is 20.2 Å². The molecule has 0 fully saturated rings. The highest BCUT2D eigenvalue weighted by Gasteiger charge is 2.55. The SMILES string of the molecule is CCC1=C(c2ccccc2)[N+](=O)[C@](C)(c2cccc([N+](=O)[O-])c2)N1[O-]. The Bertz CT molecular complexity index is 879. The summed E-state index contributed by atoms with van der Waals surface area (Å²) in [5.74, 6) is 0. The van der Waals surface area contributed by atoms with Gasteiger partial charge in [-0.2, -0.15) is 0 Å². The van der Waals surface area contributed by atoms with Crippen molar-refractivity contribution < 1.29 is 9.68 Å². The normalized spacial score (nSPS) is 20.3. The van der Waals surface area contributed by atoms with Crippen molar-refractivity contribution >= 4 is 11.4 Å². The molecule has 0 amide bonds. The molecule has 25 heavy (non-hydrogen) atoms. The Morgan fingerprint density at radius 2 is 1.84 bits per heavy atom. The van der Waals surface area contributed by atoms with Crippen molar-refractivity contribution in [1.82, 2.24) is 5.06 Å². The highest BCUT2D eigenvalue weighted by molar-refractivity contribution is 5.64. The van der Waals surface area contributed by atoms with Crippen LogP contribution in [-0.2, 0) is 5.66 Å². The van der Waals surface area contributed by atoms with Crippen LogP contribution in [0.3, 0.4) is 0 Å². The summed E-state index contributed by atoms with van der Waals surface area (Å²) in [7, 11) is 0. The van der Waals surface area contributed by atoms with E-state index in [1.807, 2.05) is 6.07 Å². The van der Waals surface area contributed by atoms with Crippen molar-refractivity contribution in [2.75, 3.05) is 0 Å². The fourth-order valence-electron chi connectivity index (χ4n) is 3.12. The third kappa shape index (κ3) is 2.49. The van der Waals surface area contributed by atoms with E-state index < -0.39 is 10.6 Å². The number of nitro benzene ring substituents is 1. The topological polar surface area (TPSA) is 89.5 Å². The van der Waals surface area contributed by atoms with Crippen molar-refractivity contribution in [2.24, 2.45) is 0 Å². The molecule has 1 atom stereocenters. The van der Waals surface area contributed by atoms with E-state index >= 15 is 0 Å². The number of non-ortho nitro benzene ring substituents is 1. The average molecular weight is 339 g/mol. The summed E-state index contributed by atoms with van der Waals surface area (Å²) in [5, 5.41) is 24.7. The fraction of sp³-hybridized carbons (Fsp3) is 0.222. The highest BCUT2D eigenvalue weighted by atomic mass is 16.6. The van der Waals surface area contributed by atoms with Crippen LogP contribution in [0.5, 0.6) is 0 Å². The van der Waals surface area contributed by atoms with Crippen LogP contribution in [0.1, 0.15) is 31.4 Å². The first-order valence-corrected chi connectivity index (χ1v) is 7.89. The van der Waals surface area contributed by atoms with Gasteiger partial charge >= 0.3 is 5.66 Å². The van der Waals surface area contributed by atoms with E-state index in [-0.39, 0.29) is 11.3 Å². The van der Waals surface area contributed by atoms with Crippen molar-refractivity contribution in [1.29, 1.82) is 0 Å². The summed E-state index contributed by atoms with van der Waals surface area (Å²) in [6, 6.07) is 14.6. The zero-order chi connectivity index (χ0) is 18.2. The molecule has 0 N–H and O–H groups in total. The number of nitrogens with zero attached hydrogens (tertiary/aromatic N) is 3. The van der Waals surface area contributed by atoms with Gasteiger partial charge in [0, 0.05) is 24.0 Å². The van der Waals surface area contributed by atoms with Gasteiger partial charge in [0.2, 0.25) is 0 Å². The molecule has 1 aliphatic rings. The fourth-order valence-corrected chi connectivity index (χ4v) is 3.12. The molecule has 1 aliphatic heterocycles. The van der Waals surface area contributed by atoms with E-state index in [1.54, 1.807) is 37.3 Å². The highest BCUT2D eigenvalue weighted by Crippen LogP contribution is 2.45. The smallest absolute Gasteiger partial charge is 0.306 e. The third-order valence-electron chi connectivity index (χ3n) is 4.50. The molecule has 2 aromatic carbocycles. The van der Waals surface area contributed by atoms with Crippen molar-refractivity contribution in [3.63, 3.8) is 0 Å². The monoisotopic (exact) mass is 339 g/mol. The number of hydrogen-bond donors (Lipinski definition) is 0. The van der Waals surface area contributed by atoms with E-state index in [2.05, 4.69) is 0 Å². The van der Waals surface area contributed by atoms with Gasteiger partial charge in [-0.05, 0) is 24.6 Å². The van der Waals surface area contributed by atoms with Gasteiger partial charge in [0.05, 0.1) is 26.5 Å². The molecule has 0 aromatic heterocycles. The van der Waals surface area contributed by atoms with Crippen LogP contribution < -0.4 is 0 Å². The van der Waals surface area contributed by atoms with E-state index in [1.165, 1.54) is 25.1 Å². The summed E-state index contributed by atoms with van der Waals surface area (Å²) in [6.45, 7) is 3.29. The van der Waals surface area contributed by atoms with Gasteiger partial charge in [-0.15, -0.1) is 0 Å². The molecule has 128 valence electrons. The lowest BCUT2D eigenvalue weighted by Gasteiger charge is -2.35. The number of hydroxylamine groups is 2. The van der Waals surface area contributed by atoms with Gasteiger partial charge in [-0.1, -0.05) is 31.2 Å². The van der Waals surface area contributed by atoms with Gasteiger partial charge in [-0.25, -0.2) is 0 Å². The maximum Gasteiger partial charge on any atom is 0.306 e. The van der Waals surface area contributed by atoms with E-state index in [0.717, 1.165) is 0 Å². The van der Waals surface area contributed by atoms with Crippen molar-refractivity contribution in [3.8, 4) is 0 Å². The number of nitroso groups, excluding NO2 is 1. The molecular formula is C18H17N3O4. The Morgan fingerprint density at radius 1 is 1.16 bits per heavy atom. The molecule has 1 heterocycles. The number of hydrogen-bond acceptors (Lipinski definition) is 5. The summed E-state index contributed by atoms with van der Waals surface area (Å²) in [4.78, 5) is 23.6. The van der Waals surface area contributed by atoms with Gasteiger partial charge in [0.1, 0.15) is 0 Å². The minimum absolute atomic E-state index is 0.160. The minimum atomic E-state index is -1.59. The molecule has 2 aromatic rings. The second-order valence-electron chi connectivity index (χ2n) is 5.93. The second kappa shape index (κ2) is 6.10. The third-order valence-corrected chi connectivity index (χ3v) is 4.50. The Hall–Kier alpha value is -3.06. The molecule has 3 rings (SSSR count). The molecule has 7 heteroatoms. The first kappa shape index (κ1) is 16.8. The van der Waals surface area contributed by atoms with Crippen LogP contribution in [0.2, 0.25) is 0 Å². The predicted octanol–water partition coefficient (Wildman–Crippen LogP) is 4.14. The zero-order valence-electron chi connectivity index (χ0n) is 13.9. The lowest BCUT2D eigenvalue weighted by atomic mass is 10.0. The van der Waals surface area contributed by atoms with Crippen LogP contribution >= 0.6 is 0 Å². The Morgan fingerprint density at radius 3 is 2.44 bits per heavy atom. The van der Waals surface area contributed by atoms with Crippen molar-refractivity contribution in [3.05, 3.63) is 91.6 Å². The molecular weight excluding hydrogens is 322 g/mol. The lowest BCUT2D eigenvalue weighted by molar-refractivity contribution is -0.565. The first-order valence-electron chi connectivity index (χ1n) is 7.89. The Kier molecular flexibility index (Phi) is 4.10. The van der Waals surface area contributed by atoms with Crippen molar-refractivity contribution in [2.45, 2.75) is 25.9 Å². The summed E-state index contributed by atoms with van der Waals surface area (Å²) < 4.78 is 0.660. The van der Waals surface area contributed by atoms with Crippen LogP contribution in [-0.4, -0.2) is 14.7 Å². The zero-order valence-corrected chi connectivity index (χ0v) is 13.9. The quantitative estimate of drug-likeness (QED) is 0.474. The van der Waals surface area contributed by atoms with E-state index in [4.69, 9.17) is 0 Å². The second-order valence-corrected chi connectivity index (χ2v) is 5.93. The molecule has 0 radical (unpaired) electrons. The predicted molar refractivity (Wildman–Crippen MR) is 92.9 cm³/mol. The number of rotatable bonds is 4. The standard InChI is InChI=1S/C18H17N3O4/c1-3-16-17(13-8-5-4-6-9-13)20(23)18(2,19(16)22)14-10-7-11-15(12-14)21(24)25/h4-12H,3H2,1-2H3/t18-/m1/s1. The Balaban J connectivity index is 2.15. The summed E-state index contributed by atoms with van der Waals surface area (Å²) in [6.07, 6.45) is 0.372. The Labute approximate surface area is 144 Å². The van der Waals surface area contributed by atoms with Gasteiger partial charge in [-0.3, -0.25) is 10.1 Å². The lowest BCUT2D eigenvalue weighted by Crippen LogP contribution is -2.41. The first-order chi connectivity index (χ1) is 11.9. The molecule has 0 aliphatic carbocycles. The largest absolute Gasteiger partial charge is 0.753 e. The number of benzene rings is 2. The van der Waals surface area contributed by atoms with E-state index in [9.17, 15) is 20.2 Å². The maximum atomic E-state index is 13.1. The minimum Gasteiger partial charge on any atom is -0.753 e. The van der Waals surface area contributed by atoms with Crippen LogP contribution in [0.4, 0.5) is 5.69 Å². The maximum absolute atomic E-state index is 13.1.